The van der Waals surface area contributed by atoms with Gasteiger partial charge in [-0.3, -0.25) is 14.8 Å². The normalized spacial score (nSPS) is 14.1. The van der Waals surface area contributed by atoms with Gasteiger partial charge in [-0.2, -0.15) is 0 Å². The molecule has 0 fully saturated rings. The first-order valence-electron chi connectivity index (χ1n) is 6.72. The van der Waals surface area contributed by atoms with E-state index in [2.05, 4.69) is 15.3 Å². The molecule has 8 nitrogen and oxygen atoms in total. The topological polar surface area (TPSA) is 121 Å². The number of carboxylic acid groups (broad SMARTS) is 1. The van der Waals surface area contributed by atoms with Crippen LogP contribution in [0.25, 0.3) is 11.0 Å². The summed E-state index contributed by atoms with van der Waals surface area (Å²) in [5.74, 6) is -1.98. The van der Waals surface area contributed by atoms with Crippen LogP contribution in [0.15, 0.2) is 49.5 Å². The van der Waals surface area contributed by atoms with Gasteiger partial charge in [0.05, 0.1) is 13.1 Å². The van der Waals surface area contributed by atoms with Crippen molar-refractivity contribution in [1.29, 1.82) is 0 Å². The van der Waals surface area contributed by atoms with Gasteiger partial charge in [-0.05, 0) is 18.2 Å². The summed E-state index contributed by atoms with van der Waals surface area (Å²) in [5, 5.41) is 12.3. The number of nitrogens with zero attached hydrogens (tertiary/aromatic N) is 2. The van der Waals surface area contributed by atoms with Gasteiger partial charge in [-0.25, -0.2) is 9.59 Å². The molecule has 0 bridgehead atoms. The number of benzene rings is 1. The van der Waals surface area contributed by atoms with Gasteiger partial charge in [0.15, 0.2) is 11.4 Å². The Morgan fingerprint density at radius 3 is 2.52 bits per heavy atom. The van der Waals surface area contributed by atoms with Crippen LogP contribution in [0, 0.1) is 0 Å². The molecular weight excluding hydrogens is 302 g/mol. The first-order chi connectivity index (χ1) is 11.0. The third-order valence-electron chi connectivity index (χ3n) is 3.16. The molecule has 1 amide bonds. The van der Waals surface area contributed by atoms with E-state index < -0.39 is 17.5 Å². The fourth-order valence-electron chi connectivity index (χ4n) is 2.15. The maximum absolute atomic E-state index is 12.2. The number of carbonyl (C=O) groups is 2. The van der Waals surface area contributed by atoms with E-state index >= 15 is 0 Å². The summed E-state index contributed by atoms with van der Waals surface area (Å²) >= 11 is 0. The summed E-state index contributed by atoms with van der Waals surface area (Å²) in [6.45, 7) is 0.492. The lowest BCUT2D eigenvalue weighted by Gasteiger charge is -2.11. The minimum atomic E-state index is -1.30. The van der Waals surface area contributed by atoms with E-state index in [1.807, 2.05) is 0 Å². The number of carbonyl (C=O) groups excluding carboxylic acids is 1. The summed E-state index contributed by atoms with van der Waals surface area (Å²) in [4.78, 5) is 42.3. The van der Waals surface area contributed by atoms with Gasteiger partial charge in [0.25, 0.3) is 5.91 Å². The third-order valence-corrected chi connectivity index (χ3v) is 3.16. The summed E-state index contributed by atoms with van der Waals surface area (Å²) in [6, 6.07) is 7.67. The Bertz CT molecular complexity index is 926. The number of carboxylic acids is 1. The Balaban J connectivity index is 1.88. The molecular formula is C15H11N3O5. The number of hydrogen-bond donors (Lipinski definition) is 2. The number of aliphatic carboxylic acids is 1. The van der Waals surface area contributed by atoms with Gasteiger partial charge in [-0.15, -0.1) is 0 Å². The third kappa shape index (κ3) is 3.00. The van der Waals surface area contributed by atoms with Crippen molar-refractivity contribution < 1.29 is 19.1 Å². The highest BCUT2D eigenvalue weighted by atomic mass is 16.4. The Morgan fingerprint density at radius 1 is 1.09 bits per heavy atom. The molecule has 0 aliphatic carbocycles. The minimum absolute atomic E-state index is 0.224. The summed E-state index contributed by atoms with van der Waals surface area (Å²) < 4.78 is 5.03. The van der Waals surface area contributed by atoms with Gasteiger partial charge >= 0.3 is 11.6 Å². The highest BCUT2D eigenvalue weighted by Gasteiger charge is 2.25. The zero-order chi connectivity index (χ0) is 16.4. The average Bonchev–Trinajstić information content (AvgIpc) is 2.54. The second kappa shape index (κ2) is 5.84. The molecule has 2 heterocycles. The Morgan fingerprint density at radius 2 is 1.78 bits per heavy atom. The molecule has 0 saturated heterocycles. The van der Waals surface area contributed by atoms with Crippen LogP contribution in [-0.2, 0) is 9.59 Å². The first kappa shape index (κ1) is 14.6. The van der Waals surface area contributed by atoms with Crippen LogP contribution in [0.3, 0.4) is 0 Å². The van der Waals surface area contributed by atoms with Gasteiger partial charge in [0, 0.05) is 23.2 Å². The zero-order valence-electron chi connectivity index (χ0n) is 11.8. The predicted octanol–water partition coefficient (Wildman–Crippen LogP) is 0.712. The lowest BCUT2D eigenvalue weighted by Crippen LogP contribution is -2.37. The number of fused-ring (bicyclic) bond motifs is 1. The number of amides is 1. The largest absolute Gasteiger partial charge is 0.476 e. The molecule has 1 aromatic carbocycles. The molecule has 116 valence electrons. The molecule has 0 spiro atoms. The molecule has 1 aliphatic rings. The second-order valence-electron chi connectivity index (χ2n) is 4.73. The SMILES string of the molecule is O=C(O)C1=NCCN=C1C(=O)Nc1ccc2ccc(=O)oc2c1. The van der Waals surface area contributed by atoms with Gasteiger partial charge in [0.1, 0.15) is 5.58 Å². The smallest absolute Gasteiger partial charge is 0.356 e. The van der Waals surface area contributed by atoms with E-state index in [-0.39, 0.29) is 24.5 Å². The quantitative estimate of drug-likeness (QED) is 0.808. The number of hydrogen-bond acceptors (Lipinski definition) is 6. The predicted molar refractivity (Wildman–Crippen MR) is 83.4 cm³/mol. The number of aliphatic imine (C=N–C) groups is 2. The Labute approximate surface area is 129 Å². The maximum atomic E-state index is 12.2. The van der Waals surface area contributed by atoms with E-state index in [4.69, 9.17) is 9.52 Å². The molecule has 0 unspecified atom stereocenters. The van der Waals surface area contributed by atoms with Gasteiger partial charge in [0.2, 0.25) is 0 Å². The number of anilines is 1. The summed E-state index contributed by atoms with van der Waals surface area (Å²) in [5.41, 5.74) is -0.416. The molecule has 1 aliphatic heterocycles. The van der Waals surface area contributed by atoms with Gasteiger partial charge < -0.3 is 14.8 Å². The van der Waals surface area contributed by atoms with Crippen molar-refractivity contribution in [2.45, 2.75) is 0 Å². The Hall–Kier alpha value is -3.29. The highest BCUT2D eigenvalue weighted by molar-refractivity contribution is 6.81. The van der Waals surface area contributed by atoms with Crippen LogP contribution in [0.2, 0.25) is 0 Å². The monoisotopic (exact) mass is 313 g/mol. The molecule has 23 heavy (non-hydrogen) atoms. The van der Waals surface area contributed by atoms with Crippen molar-refractivity contribution in [3.63, 3.8) is 0 Å². The Kier molecular flexibility index (Phi) is 3.71. The molecule has 2 aromatic rings. The van der Waals surface area contributed by atoms with E-state index in [1.165, 1.54) is 12.1 Å². The van der Waals surface area contributed by atoms with Crippen LogP contribution in [0.1, 0.15) is 0 Å². The first-order valence-corrected chi connectivity index (χ1v) is 6.72. The fraction of sp³-hybridized carbons (Fsp3) is 0.133. The van der Waals surface area contributed by atoms with Crippen molar-refractivity contribution in [2.24, 2.45) is 9.98 Å². The molecule has 0 radical (unpaired) electrons. The van der Waals surface area contributed by atoms with E-state index in [1.54, 1.807) is 18.2 Å². The summed E-state index contributed by atoms with van der Waals surface area (Å²) in [6.07, 6.45) is 0. The van der Waals surface area contributed by atoms with Crippen molar-refractivity contribution in [2.75, 3.05) is 18.4 Å². The van der Waals surface area contributed by atoms with Crippen LogP contribution in [-0.4, -0.2) is 41.5 Å². The minimum Gasteiger partial charge on any atom is -0.476 e. The van der Waals surface area contributed by atoms with E-state index in [0.717, 1.165) is 0 Å². The van der Waals surface area contributed by atoms with E-state index in [0.29, 0.717) is 16.7 Å². The zero-order valence-corrected chi connectivity index (χ0v) is 11.8. The molecule has 3 rings (SSSR count). The van der Waals surface area contributed by atoms with Crippen molar-refractivity contribution >= 4 is 40.0 Å². The maximum Gasteiger partial charge on any atom is 0.356 e. The number of rotatable bonds is 3. The van der Waals surface area contributed by atoms with Crippen LogP contribution >= 0.6 is 0 Å². The molecule has 2 N–H and O–H groups in total. The van der Waals surface area contributed by atoms with Crippen LogP contribution < -0.4 is 10.9 Å². The van der Waals surface area contributed by atoms with E-state index in [9.17, 15) is 14.4 Å². The van der Waals surface area contributed by atoms with Crippen molar-refractivity contribution in [3.05, 3.63) is 40.8 Å². The lowest BCUT2D eigenvalue weighted by molar-refractivity contribution is -0.129. The van der Waals surface area contributed by atoms with Gasteiger partial charge in [-0.1, -0.05) is 0 Å². The number of nitrogens with one attached hydrogen (secondary N) is 1. The standard InChI is InChI=1S/C15H11N3O5/c19-11-4-2-8-1-3-9(7-10(8)23-11)18-14(20)12-13(15(21)22)17-6-5-16-12/h1-4,7H,5-6H2,(H,18,20)(H,21,22). The van der Waals surface area contributed by atoms with Crippen LogP contribution in [0.5, 0.6) is 0 Å². The molecule has 0 atom stereocenters. The van der Waals surface area contributed by atoms with Crippen LogP contribution in [0.4, 0.5) is 5.69 Å². The highest BCUT2D eigenvalue weighted by Crippen LogP contribution is 2.17. The molecule has 1 aromatic heterocycles. The second-order valence-corrected chi connectivity index (χ2v) is 4.73. The fourth-order valence-corrected chi connectivity index (χ4v) is 2.15. The van der Waals surface area contributed by atoms with Crippen molar-refractivity contribution in [1.82, 2.24) is 0 Å². The van der Waals surface area contributed by atoms with Crippen molar-refractivity contribution in [3.8, 4) is 0 Å². The molecule has 0 saturated carbocycles. The average molecular weight is 313 g/mol. The lowest BCUT2D eigenvalue weighted by atomic mass is 10.1. The summed E-state index contributed by atoms with van der Waals surface area (Å²) in [7, 11) is 0. The molecule has 8 heteroatoms.